The summed E-state index contributed by atoms with van der Waals surface area (Å²) in [5.74, 6) is -0.583. The third kappa shape index (κ3) is 3.15. The number of hydrogen-bond donors (Lipinski definition) is 2. The van der Waals surface area contributed by atoms with Crippen LogP contribution in [0.1, 0.15) is 32.1 Å². The maximum Gasteiger partial charge on any atom is 0.231 e. The van der Waals surface area contributed by atoms with Crippen LogP contribution in [0.5, 0.6) is 0 Å². The number of nitrogens with one attached hydrogen (secondary N) is 1. The second kappa shape index (κ2) is 6.41. The van der Waals surface area contributed by atoms with E-state index in [2.05, 4.69) is 21.2 Å². The van der Waals surface area contributed by atoms with E-state index in [0.717, 1.165) is 32.1 Å². The van der Waals surface area contributed by atoms with E-state index < -0.39 is 11.2 Å². The van der Waals surface area contributed by atoms with Gasteiger partial charge in [0.05, 0.1) is 16.1 Å². The summed E-state index contributed by atoms with van der Waals surface area (Å²) in [6, 6.07) is 2.45. The van der Waals surface area contributed by atoms with Crippen molar-refractivity contribution in [1.29, 1.82) is 0 Å². The van der Waals surface area contributed by atoms with Gasteiger partial charge in [0.2, 0.25) is 5.91 Å². The second-order valence-corrected chi connectivity index (χ2v) is 6.51. The molecule has 3 N–H and O–H groups in total. The van der Waals surface area contributed by atoms with Gasteiger partial charge in [0.1, 0.15) is 5.82 Å². The summed E-state index contributed by atoms with van der Waals surface area (Å²) in [6.07, 6.45) is 4.71. The number of rotatable bonds is 3. The number of amides is 1. The molecule has 20 heavy (non-hydrogen) atoms. The van der Waals surface area contributed by atoms with E-state index in [0.29, 0.717) is 16.7 Å². The van der Waals surface area contributed by atoms with Gasteiger partial charge >= 0.3 is 0 Å². The van der Waals surface area contributed by atoms with E-state index in [9.17, 15) is 9.18 Å². The lowest BCUT2D eigenvalue weighted by Gasteiger charge is -2.34. The van der Waals surface area contributed by atoms with Gasteiger partial charge in [0.25, 0.3) is 0 Å². The SMILES string of the molecule is NCC1(C(=O)Nc2c(Cl)cc(F)cc2Br)CCCCC1. The Morgan fingerprint density at radius 1 is 1.40 bits per heavy atom. The van der Waals surface area contributed by atoms with Gasteiger partial charge in [-0.2, -0.15) is 0 Å². The minimum Gasteiger partial charge on any atom is -0.329 e. The van der Waals surface area contributed by atoms with E-state index in [4.69, 9.17) is 17.3 Å². The molecule has 1 aromatic carbocycles. The van der Waals surface area contributed by atoms with Gasteiger partial charge in [0.15, 0.2) is 0 Å². The molecule has 0 aliphatic heterocycles. The number of benzene rings is 1. The Morgan fingerprint density at radius 2 is 2.05 bits per heavy atom. The zero-order valence-corrected chi connectivity index (χ0v) is 13.4. The zero-order valence-electron chi connectivity index (χ0n) is 11.0. The number of halogens is 3. The molecule has 110 valence electrons. The Bertz CT molecular complexity index is 495. The molecule has 0 bridgehead atoms. The topological polar surface area (TPSA) is 55.1 Å². The molecule has 0 radical (unpaired) electrons. The van der Waals surface area contributed by atoms with E-state index in [1.54, 1.807) is 0 Å². The predicted octanol–water partition coefficient (Wildman–Crippen LogP) is 4.09. The average Bonchev–Trinajstić information content (AvgIpc) is 2.43. The minimum absolute atomic E-state index is 0.131. The van der Waals surface area contributed by atoms with Crippen molar-refractivity contribution in [3.8, 4) is 0 Å². The van der Waals surface area contributed by atoms with Crippen LogP contribution < -0.4 is 11.1 Å². The molecule has 1 amide bonds. The Balaban J connectivity index is 2.23. The van der Waals surface area contributed by atoms with E-state index in [1.807, 2.05) is 0 Å². The predicted molar refractivity (Wildman–Crippen MR) is 82.3 cm³/mol. The molecule has 1 aliphatic carbocycles. The van der Waals surface area contributed by atoms with Crippen molar-refractivity contribution in [1.82, 2.24) is 0 Å². The highest BCUT2D eigenvalue weighted by Crippen LogP contribution is 2.38. The molecule has 0 aromatic heterocycles. The molecule has 1 saturated carbocycles. The monoisotopic (exact) mass is 362 g/mol. The largest absolute Gasteiger partial charge is 0.329 e. The van der Waals surface area contributed by atoms with Gasteiger partial charge < -0.3 is 11.1 Å². The number of nitrogens with two attached hydrogens (primary N) is 1. The molecule has 0 atom stereocenters. The van der Waals surface area contributed by atoms with Crippen molar-refractivity contribution in [2.45, 2.75) is 32.1 Å². The van der Waals surface area contributed by atoms with Crippen LogP contribution in [-0.2, 0) is 4.79 Å². The summed E-state index contributed by atoms with van der Waals surface area (Å²) < 4.78 is 13.6. The van der Waals surface area contributed by atoms with Gasteiger partial charge in [-0.25, -0.2) is 4.39 Å². The van der Waals surface area contributed by atoms with Crippen LogP contribution in [0, 0.1) is 11.2 Å². The van der Waals surface area contributed by atoms with E-state index in [1.165, 1.54) is 12.1 Å². The molecule has 1 aromatic rings. The van der Waals surface area contributed by atoms with Crippen LogP contribution >= 0.6 is 27.5 Å². The Morgan fingerprint density at radius 3 is 2.60 bits per heavy atom. The van der Waals surface area contributed by atoms with Crippen molar-refractivity contribution in [2.75, 3.05) is 11.9 Å². The Labute approximate surface area is 131 Å². The fraction of sp³-hybridized carbons (Fsp3) is 0.500. The Hall–Kier alpha value is -0.650. The summed E-state index contributed by atoms with van der Waals surface area (Å²) in [5.41, 5.74) is 5.69. The molecule has 0 heterocycles. The number of hydrogen-bond acceptors (Lipinski definition) is 2. The minimum atomic E-state index is -0.532. The molecule has 0 spiro atoms. The van der Waals surface area contributed by atoms with Crippen LogP contribution in [0.15, 0.2) is 16.6 Å². The number of anilines is 1. The lowest BCUT2D eigenvalue weighted by molar-refractivity contribution is -0.126. The summed E-state index contributed by atoms with van der Waals surface area (Å²) in [7, 11) is 0. The molecular weight excluding hydrogens is 347 g/mol. The molecule has 2 rings (SSSR count). The standard InChI is InChI=1S/C14H17BrClFN2O/c15-10-6-9(17)7-11(16)12(10)19-13(20)14(8-18)4-2-1-3-5-14/h6-7H,1-5,8,18H2,(H,19,20). The summed E-state index contributed by atoms with van der Waals surface area (Å²) >= 11 is 9.21. The van der Waals surface area contributed by atoms with Crippen LogP contribution in [-0.4, -0.2) is 12.5 Å². The smallest absolute Gasteiger partial charge is 0.231 e. The highest BCUT2D eigenvalue weighted by molar-refractivity contribution is 9.10. The fourth-order valence-corrected chi connectivity index (χ4v) is 3.56. The van der Waals surface area contributed by atoms with Gasteiger partial charge in [-0.15, -0.1) is 0 Å². The quantitative estimate of drug-likeness (QED) is 0.850. The van der Waals surface area contributed by atoms with Crippen LogP contribution in [0.3, 0.4) is 0 Å². The van der Waals surface area contributed by atoms with Gasteiger partial charge in [-0.3, -0.25) is 4.79 Å². The van der Waals surface area contributed by atoms with Crippen molar-refractivity contribution < 1.29 is 9.18 Å². The molecule has 3 nitrogen and oxygen atoms in total. The summed E-state index contributed by atoms with van der Waals surface area (Å²) in [4.78, 5) is 12.5. The Kier molecular flexibility index (Phi) is 5.04. The molecule has 0 unspecified atom stereocenters. The van der Waals surface area contributed by atoms with Crippen molar-refractivity contribution in [3.05, 3.63) is 27.4 Å². The first-order valence-electron chi connectivity index (χ1n) is 6.64. The van der Waals surface area contributed by atoms with Crippen LogP contribution in [0.25, 0.3) is 0 Å². The third-order valence-corrected chi connectivity index (χ3v) is 4.85. The van der Waals surface area contributed by atoms with Crippen molar-refractivity contribution in [2.24, 2.45) is 11.1 Å². The molecule has 6 heteroatoms. The van der Waals surface area contributed by atoms with Gasteiger partial charge in [-0.1, -0.05) is 30.9 Å². The maximum absolute atomic E-state index is 13.2. The first kappa shape index (κ1) is 15.7. The summed E-state index contributed by atoms with van der Waals surface area (Å²) in [6.45, 7) is 0.315. The molecule has 1 fully saturated rings. The van der Waals surface area contributed by atoms with Crippen LogP contribution in [0.4, 0.5) is 10.1 Å². The second-order valence-electron chi connectivity index (χ2n) is 5.24. The van der Waals surface area contributed by atoms with Gasteiger partial charge in [0, 0.05) is 11.0 Å². The fourth-order valence-electron chi connectivity index (χ4n) is 2.66. The number of carbonyl (C=O) groups is 1. The first-order chi connectivity index (χ1) is 9.48. The van der Waals surface area contributed by atoms with Crippen molar-refractivity contribution in [3.63, 3.8) is 0 Å². The van der Waals surface area contributed by atoms with E-state index in [-0.39, 0.29) is 10.9 Å². The molecular formula is C14H17BrClFN2O. The average molecular weight is 364 g/mol. The molecule has 0 saturated heterocycles. The lowest BCUT2D eigenvalue weighted by atomic mass is 9.73. The summed E-state index contributed by atoms with van der Waals surface area (Å²) in [5, 5.41) is 2.98. The normalized spacial score (nSPS) is 17.8. The van der Waals surface area contributed by atoms with Crippen molar-refractivity contribution >= 4 is 39.1 Å². The van der Waals surface area contributed by atoms with Gasteiger partial charge in [-0.05, 0) is 40.9 Å². The van der Waals surface area contributed by atoms with E-state index >= 15 is 0 Å². The zero-order chi connectivity index (χ0) is 14.8. The third-order valence-electron chi connectivity index (χ3n) is 3.93. The maximum atomic E-state index is 13.2. The molecule has 1 aliphatic rings. The van der Waals surface area contributed by atoms with Crippen LogP contribution in [0.2, 0.25) is 5.02 Å². The lowest BCUT2D eigenvalue weighted by Crippen LogP contribution is -2.43. The highest BCUT2D eigenvalue weighted by Gasteiger charge is 2.38. The number of carbonyl (C=O) groups excluding carboxylic acids is 1. The highest BCUT2D eigenvalue weighted by atomic mass is 79.9. The first-order valence-corrected chi connectivity index (χ1v) is 7.82.